The maximum atomic E-state index is 11.8. The fourth-order valence-corrected chi connectivity index (χ4v) is 2.48. The van der Waals surface area contributed by atoms with Crippen LogP contribution in [0, 0.1) is 0 Å². The van der Waals surface area contributed by atoms with Crippen molar-refractivity contribution in [1.82, 2.24) is 10.6 Å². The van der Waals surface area contributed by atoms with Gasteiger partial charge in [0, 0.05) is 12.6 Å². The Balaban J connectivity index is 1.85. The number of rotatable bonds is 5. The van der Waals surface area contributed by atoms with Crippen LogP contribution in [0.1, 0.15) is 31.2 Å². The van der Waals surface area contributed by atoms with Crippen LogP contribution < -0.4 is 20.1 Å². The molecule has 0 heterocycles. The molecule has 1 saturated carbocycles. The van der Waals surface area contributed by atoms with Gasteiger partial charge in [-0.25, -0.2) is 4.79 Å². The van der Waals surface area contributed by atoms with Gasteiger partial charge < -0.3 is 20.1 Å². The molecular formula is C15H22N2O3. The van der Waals surface area contributed by atoms with Gasteiger partial charge >= 0.3 is 6.03 Å². The van der Waals surface area contributed by atoms with Crippen LogP contribution in [0.4, 0.5) is 4.79 Å². The summed E-state index contributed by atoms with van der Waals surface area (Å²) < 4.78 is 10.4. The zero-order chi connectivity index (χ0) is 14.4. The fourth-order valence-electron chi connectivity index (χ4n) is 2.48. The highest BCUT2D eigenvalue weighted by Gasteiger charge is 2.16. The van der Waals surface area contributed by atoms with Gasteiger partial charge in [-0.1, -0.05) is 18.9 Å². The first-order chi connectivity index (χ1) is 9.72. The minimum Gasteiger partial charge on any atom is -0.493 e. The van der Waals surface area contributed by atoms with Crippen molar-refractivity contribution in [2.75, 3.05) is 14.2 Å². The number of hydrogen-bond donors (Lipinski definition) is 2. The summed E-state index contributed by atoms with van der Waals surface area (Å²) in [7, 11) is 3.20. The SMILES string of the molecule is COc1ccc(CNC(=O)NC2CCCC2)cc1OC. The molecule has 1 aromatic carbocycles. The van der Waals surface area contributed by atoms with Crippen LogP contribution in [0.3, 0.4) is 0 Å². The lowest BCUT2D eigenvalue weighted by Gasteiger charge is -2.14. The van der Waals surface area contributed by atoms with Gasteiger partial charge in [-0.05, 0) is 30.5 Å². The molecule has 0 aromatic heterocycles. The summed E-state index contributed by atoms with van der Waals surface area (Å²) in [6.07, 6.45) is 4.59. The number of carbonyl (C=O) groups excluding carboxylic acids is 1. The third kappa shape index (κ3) is 3.79. The number of amides is 2. The lowest BCUT2D eigenvalue weighted by atomic mass is 10.2. The Morgan fingerprint density at radius 2 is 1.90 bits per heavy atom. The van der Waals surface area contributed by atoms with Crippen molar-refractivity contribution in [1.29, 1.82) is 0 Å². The molecule has 0 atom stereocenters. The van der Waals surface area contributed by atoms with Gasteiger partial charge in [-0.15, -0.1) is 0 Å². The molecule has 0 radical (unpaired) electrons. The van der Waals surface area contributed by atoms with E-state index in [2.05, 4.69) is 10.6 Å². The molecule has 0 saturated heterocycles. The van der Waals surface area contributed by atoms with Crippen LogP contribution in [0.2, 0.25) is 0 Å². The molecule has 1 aliphatic rings. The van der Waals surface area contributed by atoms with Crippen molar-refractivity contribution in [2.24, 2.45) is 0 Å². The van der Waals surface area contributed by atoms with Gasteiger partial charge in [-0.3, -0.25) is 0 Å². The van der Waals surface area contributed by atoms with Gasteiger partial charge in [-0.2, -0.15) is 0 Å². The summed E-state index contributed by atoms with van der Waals surface area (Å²) in [5.41, 5.74) is 0.976. The maximum absolute atomic E-state index is 11.8. The van der Waals surface area contributed by atoms with Gasteiger partial charge in [0.05, 0.1) is 14.2 Å². The minimum absolute atomic E-state index is 0.105. The van der Waals surface area contributed by atoms with Crippen molar-refractivity contribution < 1.29 is 14.3 Å². The molecule has 5 heteroatoms. The van der Waals surface area contributed by atoms with Gasteiger partial charge in [0.25, 0.3) is 0 Å². The number of urea groups is 1. The Labute approximate surface area is 119 Å². The molecule has 1 aliphatic carbocycles. The zero-order valence-corrected chi connectivity index (χ0v) is 12.1. The van der Waals surface area contributed by atoms with E-state index >= 15 is 0 Å². The quantitative estimate of drug-likeness (QED) is 0.869. The molecule has 0 spiro atoms. The van der Waals surface area contributed by atoms with E-state index in [0.717, 1.165) is 18.4 Å². The first-order valence-corrected chi connectivity index (χ1v) is 6.98. The molecule has 110 valence electrons. The number of nitrogens with one attached hydrogen (secondary N) is 2. The van der Waals surface area contributed by atoms with Crippen molar-refractivity contribution in [2.45, 2.75) is 38.3 Å². The fraction of sp³-hybridized carbons (Fsp3) is 0.533. The number of benzene rings is 1. The van der Waals surface area contributed by atoms with Crippen LogP contribution in [-0.4, -0.2) is 26.3 Å². The predicted molar refractivity (Wildman–Crippen MR) is 77.2 cm³/mol. The molecule has 0 aliphatic heterocycles. The van der Waals surface area contributed by atoms with Crippen LogP contribution in [0.5, 0.6) is 11.5 Å². The van der Waals surface area contributed by atoms with E-state index in [-0.39, 0.29) is 6.03 Å². The lowest BCUT2D eigenvalue weighted by Crippen LogP contribution is -2.40. The number of ether oxygens (including phenoxy) is 2. The van der Waals surface area contributed by atoms with Gasteiger partial charge in [0.15, 0.2) is 11.5 Å². The third-order valence-electron chi connectivity index (χ3n) is 3.59. The van der Waals surface area contributed by atoms with Crippen LogP contribution in [0.25, 0.3) is 0 Å². The summed E-state index contributed by atoms with van der Waals surface area (Å²) in [6, 6.07) is 5.85. The topological polar surface area (TPSA) is 59.6 Å². The van der Waals surface area contributed by atoms with Gasteiger partial charge in [0.2, 0.25) is 0 Å². The Hall–Kier alpha value is -1.91. The molecule has 0 bridgehead atoms. The highest BCUT2D eigenvalue weighted by molar-refractivity contribution is 5.74. The number of carbonyl (C=O) groups is 1. The molecule has 0 unspecified atom stereocenters. The highest BCUT2D eigenvalue weighted by Crippen LogP contribution is 2.27. The monoisotopic (exact) mass is 278 g/mol. The summed E-state index contributed by atoms with van der Waals surface area (Å²) in [5, 5.41) is 5.86. The highest BCUT2D eigenvalue weighted by atomic mass is 16.5. The zero-order valence-electron chi connectivity index (χ0n) is 12.1. The second kappa shape index (κ2) is 7.03. The van der Waals surface area contributed by atoms with E-state index in [1.54, 1.807) is 14.2 Å². The van der Waals surface area contributed by atoms with E-state index in [9.17, 15) is 4.79 Å². The number of hydrogen-bond acceptors (Lipinski definition) is 3. The molecule has 1 fully saturated rings. The largest absolute Gasteiger partial charge is 0.493 e. The van der Waals surface area contributed by atoms with Crippen molar-refractivity contribution >= 4 is 6.03 Å². The Bertz CT molecular complexity index is 456. The molecule has 2 rings (SSSR count). The van der Waals surface area contributed by atoms with E-state index in [1.807, 2.05) is 18.2 Å². The average molecular weight is 278 g/mol. The molecule has 20 heavy (non-hydrogen) atoms. The van der Waals surface area contributed by atoms with Crippen molar-refractivity contribution in [3.63, 3.8) is 0 Å². The standard InChI is InChI=1S/C15H22N2O3/c1-19-13-8-7-11(9-14(13)20-2)10-16-15(18)17-12-5-3-4-6-12/h7-9,12H,3-6,10H2,1-2H3,(H2,16,17,18). The predicted octanol–water partition coefficient (Wildman–Crippen LogP) is 2.45. The average Bonchev–Trinajstić information content (AvgIpc) is 2.97. The van der Waals surface area contributed by atoms with E-state index in [0.29, 0.717) is 24.1 Å². The normalized spacial score (nSPS) is 14.9. The smallest absolute Gasteiger partial charge is 0.315 e. The first kappa shape index (κ1) is 14.5. The molecular weight excluding hydrogens is 256 g/mol. The summed E-state index contributed by atoms with van der Waals surface area (Å²) in [6.45, 7) is 0.471. The summed E-state index contributed by atoms with van der Waals surface area (Å²) >= 11 is 0. The van der Waals surface area contributed by atoms with Crippen LogP contribution in [0.15, 0.2) is 18.2 Å². The Morgan fingerprint density at radius 1 is 1.20 bits per heavy atom. The molecule has 2 amide bonds. The summed E-state index contributed by atoms with van der Waals surface area (Å²) in [5.74, 6) is 1.36. The third-order valence-corrected chi connectivity index (χ3v) is 3.59. The molecule has 2 N–H and O–H groups in total. The van der Waals surface area contributed by atoms with E-state index < -0.39 is 0 Å². The second-order valence-corrected chi connectivity index (χ2v) is 5.00. The second-order valence-electron chi connectivity index (χ2n) is 5.00. The van der Waals surface area contributed by atoms with Gasteiger partial charge in [0.1, 0.15) is 0 Å². The minimum atomic E-state index is -0.105. The van der Waals surface area contributed by atoms with Crippen molar-refractivity contribution in [3.05, 3.63) is 23.8 Å². The molecule has 1 aromatic rings. The summed E-state index contributed by atoms with van der Waals surface area (Å²) in [4.78, 5) is 11.8. The Kier molecular flexibility index (Phi) is 5.09. The lowest BCUT2D eigenvalue weighted by molar-refractivity contribution is 0.236. The van der Waals surface area contributed by atoms with E-state index in [4.69, 9.17) is 9.47 Å². The van der Waals surface area contributed by atoms with Crippen molar-refractivity contribution in [3.8, 4) is 11.5 Å². The van der Waals surface area contributed by atoms with Crippen LogP contribution >= 0.6 is 0 Å². The molecule has 5 nitrogen and oxygen atoms in total. The van der Waals surface area contributed by atoms with E-state index in [1.165, 1.54) is 12.8 Å². The Morgan fingerprint density at radius 3 is 2.55 bits per heavy atom. The maximum Gasteiger partial charge on any atom is 0.315 e. The number of methoxy groups -OCH3 is 2. The first-order valence-electron chi connectivity index (χ1n) is 6.98. The van der Waals surface area contributed by atoms with Crippen LogP contribution in [-0.2, 0) is 6.54 Å².